The molecule has 26 heavy (non-hydrogen) atoms. The molecule has 0 bridgehead atoms. The molecule has 0 amide bonds. The summed E-state index contributed by atoms with van der Waals surface area (Å²) in [6, 6.07) is 8.69. The van der Waals surface area contributed by atoms with E-state index >= 15 is 0 Å². The lowest BCUT2D eigenvalue weighted by atomic mass is 10.3. The molecule has 0 unspecified atom stereocenters. The zero-order valence-electron chi connectivity index (χ0n) is 14.4. The highest BCUT2D eigenvalue weighted by molar-refractivity contribution is 7.89. The standard InChI is InChI=1S/C17H21ClN2O4S2/c1-2-24-16-5-4-14(26(21,22)20-7-9-23-10-8-20)11-15(16)19-12-13-3-6-17(18)25-13/h3-6,11,19H,2,7-10,12H2,1H3. The van der Waals surface area contributed by atoms with Crippen molar-refractivity contribution >= 4 is 38.6 Å². The largest absolute Gasteiger partial charge is 0.492 e. The van der Waals surface area contributed by atoms with Crippen LogP contribution in [0.2, 0.25) is 4.34 Å². The van der Waals surface area contributed by atoms with Crippen molar-refractivity contribution in [3.8, 4) is 5.75 Å². The zero-order chi connectivity index (χ0) is 18.6. The smallest absolute Gasteiger partial charge is 0.243 e. The summed E-state index contributed by atoms with van der Waals surface area (Å²) < 4.78 is 38.8. The van der Waals surface area contributed by atoms with Crippen molar-refractivity contribution in [2.75, 3.05) is 38.2 Å². The molecule has 0 aliphatic carbocycles. The molecule has 3 rings (SSSR count). The van der Waals surface area contributed by atoms with E-state index in [1.165, 1.54) is 15.6 Å². The summed E-state index contributed by atoms with van der Waals surface area (Å²) >= 11 is 7.45. The third-order valence-corrected chi connectivity index (χ3v) is 7.07. The fourth-order valence-corrected chi connectivity index (χ4v) is 5.12. The monoisotopic (exact) mass is 416 g/mol. The molecule has 1 N–H and O–H groups in total. The molecular weight excluding hydrogens is 396 g/mol. The van der Waals surface area contributed by atoms with E-state index in [4.69, 9.17) is 21.1 Å². The van der Waals surface area contributed by atoms with Gasteiger partial charge in [-0.3, -0.25) is 0 Å². The van der Waals surface area contributed by atoms with E-state index in [0.29, 0.717) is 50.9 Å². The average molecular weight is 417 g/mol. The Balaban J connectivity index is 1.85. The lowest BCUT2D eigenvalue weighted by Crippen LogP contribution is -2.40. The molecule has 6 nitrogen and oxygen atoms in total. The third kappa shape index (κ3) is 4.50. The van der Waals surface area contributed by atoms with Gasteiger partial charge in [0.1, 0.15) is 5.75 Å². The van der Waals surface area contributed by atoms with Gasteiger partial charge in [-0.1, -0.05) is 11.6 Å². The van der Waals surface area contributed by atoms with Gasteiger partial charge < -0.3 is 14.8 Å². The first kappa shape index (κ1) is 19.4. The van der Waals surface area contributed by atoms with Crippen molar-refractivity contribution in [3.63, 3.8) is 0 Å². The summed E-state index contributed by atoms with van der Waals surface area (Å²) in [6.07, 6.45) is 0. The fraction of sp³-hybridized carbons (Fsp3) is 0.412. The van der Waals surface area contributed by atoms with Crippen LogP contribution < -0.4 is 10.1 Å². The maximum absolute atomic E-state index is 12.9. The number of nitrogens with zero attached hydrogens (tertiary/aromatic N) is 1. The van der Waals surface area contributed by atoms with E-state index in [1.54, 1.807) is 18.2 Å². The number of ether oxygens (including phenoxy) is 2. The van der Waals surface area contributed by atoms with Crippen LogP contribution in [0.1, 0.15) is 11.8 Å². The predicted molar refractivity (Wildman–Crippen MR) is 104 cm³/mol. The zero-order valence-corrected chi connectivity index (χ0v) is 16.8. The summed E-state index contributed by atoms with van der Waals surface area (Å²) in [5, 5.41) is 3.26. The SMILES string of the molecule is CCOc1ccc(S(=O)(=O)N2CCOCC2)cc1NCc1ccc(Cl)s1. The summed E-state index contributed by atoms with van der Waals surface area (Å²) in [5.41, 5.74) is 0.644. The molecular formula is C17H21ClN2O4S2. The Bertz CT molecular complexity index is 848. The molecule has 2 heterocycles. The number of hydrogen-bond donors (Lipinski definition) is 1. The minimum atomic E-state index is -3.56. The van der Waals surface area contributed by atoms with E-state index in [1.807, 2.05) is 19.1 Å². The Morgan fingerprint density at radius 2 is 2.04 bits per heavy atom. The number of morpholine rings is 1. The molecule has 1 aliphatic rings. The maximum Gasteiger partial charge on any atom is 0.243 e. The number of halogens is 1. The molecule has 1 aliphatic heterocycles. The second-order valence-corrected chi connectivity index (χ2v) is 9.40. The second-order valence-electron chi connectivity index (χ2n) is 5.67. The Morgan fingerprint density at radius 3 is 2.69 bits per heavy atom. The van der Waals surface area contributed by atoms with Gasteiger partial charge in [-0.2, -0.15) is 4.31 Å². The molecule has 1 fully saturated rings. The molecule has 0 radical (unpaired) electrons. The molecule has 0 spiro atoms. The van der Waals surface area contributed by atoms with Crippen molar-refractivity contribution in [1.82, 2.24) is 4.31 Å². The third-order valence-electron chi connectivity index (χ3n) is 3.94. The number of nitrogens with one attached hydrogen (secondary N) is 1. The van der Waals surface area contributed by atoms with Gasteiger partial charge in [0.15, 0.2) is 0 Å². The van der Waals surface area contributed by atoms with Crippen molar-refractivity contribution in [1.29, 1.82) is 0 Å². The predicted octanol–water partition coefficient (Wildman–Crippen LogP) is 3.43. The van der Waals surface area contributed by atoms with Gasteiger partial charge in [0, 0.05) is 24.5 Å². The number of sulfonamides is 1. The first-order chi connectivity index (χ1) is 12.5. The minimum Gasteiger partial charge on any atom is -0.492 e. The molecule has 142 valence electrons. The van der Waals surface area contributed by atoms with Crippen LogP contribution in [0.5, 0.6) is 5.75 Å². The van der Waals surface area contributed by atoms with E-state index in [9.17, 15) is 8.42 Å². The number of benzene rings is 1. The molecule has 1 aromatic heterocycles. The van der Waals surface area contributed by atoms with Gasteiger partial charge in [0.05, 0.1) is 34.7 Å². The van der Waals surface area contributed by atoms with Crippen LogP contribution in [0.3, 0.4) is 0 Å². The Morgan fingerprint density at radius 1 is 1.27 bits per heavy atom. The van der Waals surface area contributed by atoms with Crippen LogP contribution >= 0.6 is 22.9 Å². The highest BCUT2D eigenvalue weighted by atomic mass is 35.5. The molecule has 0 saturated carbocycles. The van der Waals surface area contributed by atoms with Gasteiger partial charge in [0.25, 0.3) is 0 Å². The van der Waals surface area contributed by atoms with Gasteiger partial charge in [-0.25, -0.2) is 8.42 Å². The number of rotatable bonds is 7. The maximum atomic E-state index is 12.9. The Labute approximate surface area is 162 Å². The average Bonchev–Trinajstić information content (AvgIpc) is 3.07. The lowest BCUT2D eigenvalue weighted by molar-refractivity contribution is 0.0730. The van der Waals surface area contributed by atoms with Crippen molar-refractivity contribution < 1.29 is 17.9 Å². The van der Waals surface area contributed by atoms with Crippen LogP contribution in [0, 0.1) is 0 Å². The van der Waals surface area contributed by atoms with Crippen LogP contribution in [-0.4, -0.2) is 45.6 Å². The molecule has 1 aromatic carbocycles. The first-order valence-corrected chi connectivity index (χ1v) is 11.0. The van der Waals surface area contributed by atoms with Gasteiger partial charge in [-0.05, 0) is 37.3 Å². The second kappa shape index (κ2) is 8.58. The highest BCUT2D eigenvalue weighted by Gasteiger charge is 2.27. The van der Waals surface area contributed by atoms with Crippen LogP contribution in [-0.2, 0) is 21.3 Å². The number of anilines is 1. The number of thiophene rings is 1. The normalized spacial score (nSPS) is 15.8. The van der Waals surface area contributed by atoms with E-state index < -0.39 is 10.0 Å². The Kier molecular flexibility index (Phi) is 6.42. The van der Waals surface area contributed by atoms with Crippen LogP contribution in [0.4, 0.5) is 5.69 Å². The van der Waals surface area contributed by atoms with Crippen molar-refractivity contribution in [2.24, 2.45) is 0 Å². The molecule has 2 aromatic rings. The highest BCUT2D eigenvalue weighted by Crippen LogP contribution is 2.31. The summed E-state index contributed by atoms with van der Waals surface area (Å²) in [7, 11) is -3.56. The quantitative estimate of drug-likeness (QED) is 0.748. The van der Waals surface area contributed by atoms with Gasteiger partial charge in [-0.15, -0.1) is 11.3 Å². The molecule has 9 heteroatoms. The van der Waals surface area contributed by atoms with Gasteiger partial charge in [0.2, 0.25) is 10.0 Å². The molecule has 1 saturated heterocycles. The van der Waals surface area contributed by atoms with E-state index in [2.05, 4.69) is 5.32 Å². The van der Waals surface area contributed by atoms with Crippen molar-refractivity contribution in [2.45, 2.75) is 18.4 Å². The van der Waals surface area contributed by atoms with E-state index in [-0.39, 0.29) is 4.90 Å². The van der Waals surface area contributed by atoms with E-state index in [0.717, 1.165) is 9.21 Å². The Hall–Kier alpha value is -1.32. The molecule has 0 atom stereocenters. The fourth-order valence-electron chi connectivity index (χ4n) is 2.65. The summed E-state index contributed by atoms with van der Waals surface area (Å²) in [4.78, 5) is 1.30. The minimum absolute atomic E-state index is 0.245. The lowest BCUT2D eigenvalue weighted by Gasteiger charge is -2.26. The van der Waals surface area contributed by atoms with Crippen LogP contribution in [0.25, 0.3) is 0 Å². The summed E-state index contributed by atoms with van der Waals surface area (Å²) in [5.74, 6) is 0.621. The van der Waals surface area contributed by atoms with Crippen LogP contribution in [0.15, 0.2) is 35.2 Å². The van der Waals surface area contributed by atoms with Gasteiger partial charge >= 0.3 is 0 Å². The summed E-state index contributed by atoms with van der Waals surface area (Å²) in [6.45, 7) is 4.49. The topological polar surface area (TPSA) is 67.9 Å². The van der Waals surface area contributed by atoms with Crippen molar-refractivity contribution in [3.05, 3.63) is 39.5 Å². The number of hydrogen-bond acceptors (Lipinski definition) is 6. The first-order valence-electron chi connectivity index (χ1n) is 8.33.